The molecule has 8 heteroatoms. The van der Waals surface area contributed by atoms with E-state index in [0.717, 1.165) is 27.5 Å². The number of thiazole rings is 1. The van der Waals surface area contributed by atoms with Crippen molar-refractivity contribution >= 4 is 28.2 Å². The third-order valence-corrected chi connectivity index (χ3v) is 5.50. The predicted molar refractivity (Wildman–Crippen MR) is 123 cm³/mol. The molecule has 0 N–H and O–H groups in total. The van der Waals surface area contributed by atoms with Crippen molar-refractivity contribution in [3.05, 3.63) is 55.1 Å². The summed E-state index contributed by atoms with van der Waals surface area (Å²) < 4.78 is 7.54. The number of hydrogen-bond donors (Lipinski definition) is 0. The van der Waals surface area contributed by atoms with Gasteiger partial charge in [0.2, 0.25) is 0 Å². The van der Waals surface area contributed by atoms with Crippen LogP contribution in [0.1, 0.15) is 34.6 Å². The maximum Gasteiger partial charge on any atom is 0.416 e. The van der Waals surface area contributed by atoms with E-state index < -0.39 is 11.7 Å². The van der Waals surface area contributed by atoms with Gasteiger partial charge >= 0.3 is 6.09 Å². The number of rotatable bonds is 4. The van der Waals surface area contributed by atoms with Crippen LogP contribution in [-0.2, 0) is 4.74 Å². The Kier molecular flexibility index (Phi) is 5.49. The lowest BCUT2D eigenvalue weighted by atomic mass is 10.1. The molecule has 0 unspecified atom stereocenters. The van der Waals surface area contributed by atoms with Gasteiger partial charge in [-0.3, -0.25) is 4.90 Å². The molecule has 4 aromatic rings. The highest BCUT2D eigenvalue weighted by molar-refractivity contribution is 7.19. The van der Waals surface area contributed by atoms with E-state index in [9.17, 15) is 4.79 Å². The Labute approximate surface area is 185 Å². The van der Waals surface area contributed by atoms with Crippen LogP contribution in [0.15, 0.2) is 55.1 Å². The van der Waals surface area contributed by atoms with Crippen molar-refractivity contribution in [1.29, 1.82) is 0 Å². The van der Waals surface area contributed by atoms with Gasteiger partial charge in [-0.1, -0.05) is 41.7 Å². The van der Waals surface area contributed by atoms with E-state index in [1.165, 1.54) is 11.3 Å². The van der Waals surface area contributed by atoms with Gasteiger partial charge in [-0.15, -0.1) is 0 Å². The lowest BCUT2D eigenvalue weighted by Gasteiger charge is -2.28. The standard InChI is InChI=1S/C23H25N5O2S/c1-15(2)28(22(29)30-23(3,4)5)21-25-13-18(31-21)17-14-27-12-11-24-20(27)19(26-17)16-9-7-6-8-10-16/h6-15H,1-5H3. The highest BCUT2D eigenvalue weighted by Crippen LogP contribution is 2.34. The Morgan fingerprint density at radius 2 is 1.90 bits per heavy atom. The Hall–Kier alpha value is -3.26. The van der Waals surface area contributed by atoms with Gasteiger partial charge in [-0.2, -0.15) is 0 Å². The zero-order valence-electron chi connectivity index (χ0n) is 18.2. The van der Waals surface area contributed by atoms with Crippen LogP contribution in [0.25, 0.3) is 27.5 Å². The molecule has 31 heavy (non-hydrogen) atoms. The monoisotopic (exact) mass is 435 g/mol. The van der Waals surface area contributed by atoms with Gasteiger partial charge in [0.15, 0.2) is 10.8 Å². The molecule has 0 fully saturated rings. The van der Waals surface area contributed by atoms with Crippen molar-refractivity contribution in [2.24, 2.45) is 0 Å². The van der Waals surface area contributed by atoms with Crippen LogP contribution >= 0.6 is 11.3 Å². The van der Waals surface area contributed by atoms with Crippen LogP contribution in [0.3, 0.4) is 0 Å². The van der Waals surface area contributed by atoms with E-state index in [1.807, 2.05) is 81.7 Å². The van der Waals surface area contributed by atoms with Crippen LogP contribution < -0.4 is 4.90 Å². The molecule has 4 rings (SSSR count). The van der Waals surface area contributed by atoms with Crippen LogP contribution in [-0.4, -0.2) is 37.1 Å². The zero-order valence-corrected chi connectivity index (χ0v) is 19.1. The first kappa shape index (κ1) is 21.0. The van der Waals surface area contributed by atoms with Gasteiger partial charge in [-0.25, -0.2) is 19.7 Å². The number of carbonyl (C=O) groups is 1. The summed E-state index contributed by atoms with van der Waals surface area (Å²) in [5.41, 5.74) is 2.76. The number of amides is 1. The highest BCUT2D eigenvalue weighted by atomic mass is 32.1. The topological polar surface area (TPSA) is 72.6 Å². The number of nitrogens with zero attached hydrogens (tertiary/aromatic N) is 5. The molecule has 1 aromatic carbocycles. The molecule has 0 saturated heterocycles. The number of benzene rings is 1. The quantitative estimate of drug-likeness (QED) is 0.413. The number of hydrogen-bond acceptors (Lipinski definition) is 6. The second-order valence-electron chi connectivity index (χ2n) is 8.45. The van der Waals surface area contributed by atoms with Crippen molar-refractivity contribution in [3.63, 3.8) is 0 Å². The third-order valence-electron chi connectivity index (χ3n) is 4.48. The fourth-order valence-corrected chi connectivity index (χ4v) is 4.15. The van der Waals surface area contributed by atoms with Crippen LogP contribution in [0, 0.1) is 0 Å². The summed E-state index contributed by atoms with van der Waals surface area (Å²) in [4.78, 5) is 29.1. The van der Waals surface area contributed by atoms with Crippen molar-refractivity contribution in [1.82, 2.24) is 19.4 Å². The number of imidazole rings is 1. The van der Waals surface area contributed by atoms with E-state index in [-0.39, 0.29) is 6.04 Å². The van der Waals surface area contributed by atoms with Crippen LogP contribution in [0.2, 0.25) is 0 Å². The van der Waals surface area contributed by atoms with E-state index in [2.05, 4.69) is 9.97 Å². The molecule has 0 saturated carbocycles. The molecule has 7 nitrogen and oxygen atoms in total. The summed E-state index contributed by atoms with van der Waals surface area (Å²) in [5.74, 6) is 0. The molecular formula is C23H25N5O2S. The van der Waals surface area contributed by atoms with E-state index in [4.69, 9.17) is 9.72 Å². The number of ether oxygens (including phenoxy) is 1. The normalized spacial score (nSPS) is 11.8. The van der Waals surface area contributed by atoms with Crippen molar-refractivity contribution in [2.45, 2.75) is 46.3 Å². The highest BCUT2D eigenvalue weighted by Gasteiger charge is 2.28. The number of anilines is 1. The maximum atomic E-state index is 12.8. The first-order chi connectivity index (χ1) is 14.7. The minimum absolute atomic E-state index is 0.0992. The largest absolute Gasteiger partial charge is 0.443 e. The van der Waals surface area contributed by atoms with E-state index in [0.29, 0.717) is 5.13 Å². The summed E-state index contributed by atoms with van der Waals surface area (Å²) >= 11 is 1.41. The number of aromatic nitrogens is 4. The molecule has 160 valence electrons. The van der Waals surface area contributed by atoms with Crippen molar-refractivity contribution in [3.8, 4) is 21.8 Å². The molecule has 3 heterocycles. The smallest absolute Gasteiger partial charge is 0.416 e. The zero-order chi connectivity index (χ0) is 22.2. The Morgan fingerprint density at radius 3 is 2.58 bits per heavy atom. The van der Waals surface area contributed by atoms with Gasteiger partial charge in [0.1, 0.15) is 11.3 Å². The van der Waals surface area contributed by atoms with Gasteiger partial charge in [0.05, 0.1) is 10.6 Å². The fraction of sp³-hybridized carbons (Fsp3) is 0.304. The summed E-state index contributed by atoms with van der Waals surface area (Å²) in [7, 11) is 0. The third kappa shape index (κ3) is 4.44. The molecule has 0 bridgehead atoms. The Bertz CT molecular complexity index is 1210. The average Bonchev–Trinajstić information content (AvgIpc) is 3.35. The molecule has 0 spiro atoms. The summed E-state index contributed by atoms with van der Waals surface area (Å²) in [6.45, 7) is 9.44. The van der Waals surface area contributed by atoms with Crippen LogP contribution in [0.5, 0.6) is 0 Å². The minimum atomic E-state index is -0.580. The predicted octanol–water partition coefficient (Wildman–Crippen LogP) is 5.67. The minimum Gasteiger partial charge on any atom is -0.443 e. The van der Waals surface area contributed by atoms with Crippen molar-refractivity contribution < 1.29 is 9.53 Å². The summed E-state index contributed by atoms with van der Waals surface area (Å²) in [6, 6.07) is 9.87. The average molecular weight is 436 g/mol. The molecule has 0 aliphatic carbocycles. The first-order valence-corrected chi connectivity index (χ1v) is 10.9. The molecule has 0 aliphatic heterocycles. The molecular weight excluding hydrogens is 410 g/mol. The van der Waals surface area contributed by atoms with Gasteiger partial charge in [-0.05, 0) is 34.6 Å². The fourth-order valence-electron chi connectivity index (χ4n) is 3.16. The lowest BCUT2D eigenvalue weighted by Crippen LogP contribution is -2.41. The van der Waals surface area contributed by atoms with E-state index >= 15 is 0 Å². The Balaban J connectivity index is 1.74. The summed E-state index contributed by atoms with van der Waals surface area (Å²) in [6.07, 6.45) is 6.93. The second kappa shape index (κ2) is 8.11. The maximum absolute atomic E-state index is 12.8. The molecule has 0 aliphatic rings. The van der Waals surface area contributed by atoms with Gasteiger partial charge < -0.3 is 9.14 Å². The van der Waals surface area contributed by atoms with Gasteiger partial charge in [0, 0.05) is 36.4 Å². The van der Waals surface area contributed by atoms with Gasteiger partial charge in [0.25, 0.3) is 0 Å². The molecule has 3 aromatic heterocycles. The Morgan fingerprint density at radius 1 is 1.16 bits per heavy atom. The van der Waals surface area contributed by atoms with Crippen LogP contribution in [0.4, 0.5) is 9.93 Å². The number of carbonyl (C=O) groups excluding carboxylic acids is 1. The summed E-state index contributed by atoms with van der Waals surface area (Å²) in [5, 5.41) is 0.577. The van der Waals surface area contributed by atoms with Crippen molar-refractivity contribution in [2.75, 3.05) is 4.90 Å². The first-order valence-electron chi connectivity index (χ1n) is 10.1. The molecule has 0 radical (unpaired) electrons. The molecule has 1 amide bonds. The second-order valence-corrected chi connectivity index (χ2v) is 9.46. The molecule has 0 atom stereocenters. The lowest BCUT2D eigenvalue weighted by molar-refractivity contribution is 0.0570. The number of fused-ring (bicyclic) bond motifs is 1. The van der Waals surface area contributed by atoms with E-state index in [1.54, 1.807) is 17.3 Å². The SMILES string of the molecule is CC(C)N(C(=O)OC(C)(C)C)c1ncc(-c2cn3ccnc3c(-c3ccccc3)n2)s1.